The maximum atomic E-state index is 12.1. The van der Waals surface area contributed by atoms with Gasteiger partial charge >= 0.3 is 0 Å². The van der Waals surface area contributed by atoms with Gasteiger partial charge in [-0.05, 0) is 25.1 Å². The average Bonchev–Trinajstić information content (AvgIpc) is 2.77. The number of carbonyl (C=O) groups is 1. The molecule has 0 bridgehead atoms. The summed E-state index contributed by atoms with van der Waals surface area (Å²) in [4.78, 5) is 16.4. The van der Waals surface area contributed by atoms with Crippen molar-refractivity contribution in [1.29, 1.82) is 0 Å². The van der Waals surface area contributed by atoms with Gasteiger partial charge in [0, 0.05) is 16.1 Å². The van der Waals surface area contributed by atoms with Crippen molar-refractivity contribution in [3.63, 3.8) is 0 Å². The number of rotatable bonds is 1. The van der Waals surface area contributed by atoms with Gasteiger partial charge in [0.2, 0.25) is 0 Å². The lowest BCUT2D eigenvalue weighted by atomic mass is 10.0. The Balaban J connectivity index is 1.96. The number of aromatic nitrogens is 1. The number of benzene rings is 1. The molecular weight excluding hydrogens is 270 g/mol. The third kappa shape index (κ3) is 2.02. The number of halogens is 1. The van der Waals surface area contributed by atoms with Crippen molar-refractivity contribution in [2.75, 3.05) is 0 Å². The van der Waals surface area contributed by atoms with E-state index in [0.717, 1.165) is 10.7 Å². The maximum absolute atomic E-state index is 12.1. The zero-order valence-electron chi connectivity index (χ0n) is 9.64. The molecule has 2 heterocycles. The first-order valence-corrected chi connectivity index (χ1v) is 6.80. The number of carbonyl (C=O) groups excluding carboxylic acids is 1. The van der Waals surface area contributed by atoms with Crippen LogP contribution in [0.25, 0.3) is 0 Å². The predicted molar refractivity (Wildman–Crippen MR) is 70.6 cm³/mol. The molecule has 0 amide bonds. The number of thiazole rings is 1. The Morgan fingerprint density at radius 1 is 1.50 bits per heavy atom. The van der Waals surface area contributed by atoms with E-state index < -0.39 is 0 Å². The zero-order valence-corrected chi connectivity index (χ0v) is 11.2. The van der Waals surface area contributed by atoms with Crippen molar-refractivity contribution in [2.45, 2.75) is 19.4 Å². The minimum absolute atomic E-state index is 0.0524. The second kappa shape index (κ2) is 4.37. The van der Waals surface area contributed by atoms with Gasteiger partial charge in [0.25, 0.3) is 0 Å². The van der Waals surface area contributed by atoms with E-state index in [1.807, 2.05) is 12.3 Å². The van der Waals surface area contributed by atoms with E-state index >= 15 is 0 Å². The molecule has 3 nitrogen and oxygen atoms in total. The van der Waals surface area contributed by atoms with Crippen molar-refractivity contribution in [3.8, 4) is 5.75 Å². The van der Waals surface area contributed by atoms with Crippen molar-refractivity contribution in [1.82, 2.24) is 4.98 Å². The molecule has 1 aliphatic heterocycles. The Hall–Kier alpha value is -1.39. The number of hydrogen-bond acceptors (Lipinski definition) is 4. The standard InChI is InChI=1S/C13H10ClNO2S/c1-7-6-18-13(15-7)12-5-10(16)9-4-8(14)2-3-11(9)17-12/h2-4,6,12H,5H2,1H3. The zero-order chi connectivity index (χ0) is 12.7. The van der Waals surface area contributed by atoms with Crippen molar-refractivity contribution >= 4 is 28.7 Å². The summed E-state index contributed by atoms with van der Waals surface area (Å²) in [6.45, 7) is 1.93. The highest BCUT2D eigenvalue weighted by Crippen LogP contribution is 2.36. The van der Waals surface area contributed by atoms with E-state index in [1.165, 1.54) is 11.3 Å². The van der Waals surface area contributed by atoms with E-state index in [0.29, 0.717) is 22.8 Å². The van der Waals surface area contributed by atoms with Crippen molar-refractivity contribution in [2.24, 2.45) is 0 Å². The summed E-state index contributed by atoms with van der Waals surface area (Å²) in [6.07, 6.45) is 0.0465. The van der Waals surface area contributed by atoms with Crippen LogP contribution in [0.5, 0.6) is 5.75 Å². The van der Waals surface area contributed by atoms with E-state index in [-0.39, 0.29) is 11.9 Å². The quantitative estimate of drug-likeness (QED) is 0.797. The Morgan fingerprint density at radius 3 is 3.06 bits per heavy atom. The molecular formula is C13H10ClNO2S. The highest BCUT2D eigenvalue weighted by Gasteiger charge is 2.29. The molecule has 18 heavy (non-hydrogen) atoms. The molecule has 1 aromatic carbocycles. The van der Waals surface area contributed by atoms with Gasteiger partial charge in [-0.1, -0.05) is 11.6 Å². The van der Waals surface area contributed by atoms with Gasteiger partial charge in [0.05, 0.1) is 12.0 Å². The van der Waals surface area contributed by atoms with Gasteiger partial charge in [-0.2, -0.15) is 0 Å². The summed E-state index contributed by atoms with van der Waals surface area (Å²) in [5, 5.41) is 3.36. The average molecular weight is 280 g/mol. The molecule has 1 unspecified atom stereocenters. The maximum Gasteiger partial charge on any atom is 0.170 e. The Bertz CT molecular complexity index is 623. The SMILES string of the molecule is Cc1csc(C2CC(=O)c3cc(Cl)ccc3O2)n1. The van der Waals surface area contributed by atoms with Gasteiger partial charge in [0.1, 0.15) is 10.8 Å². The van der Waals surface area contributed by atoms with Crippen LogP contribution in [0, 0.1) is 6.92 Å². The summed E-state index contributed by atoms with van der Waals surface area (Å²) >= 11 is 7.40. The number of Topliss-reactive ketones (excluding diaryl/α,β-unsaturated/α-hetero) is 1. The summed E-state index contributed by atoms with van der Waals surface area (Å²) in [5.74, 6) is 0.644. The first kappa shape index (κ1) is 11.7. The molecule has 0 aliphatic carbocycles. The Morgan fingerprint density at radius 2 is 2.33 bits per heavy atom. The van der Waals surface area contributed by atoms with Crippen LogP contribution in [0.2, 0.25) is 5.02 Å². The largest absolute Gasteiger partial charge is 0.482 e. The van der Waals surface area contributed by atoms with Gasteiger partial charge in [-0.25, -0.2) is 4.98 Å². The fraction of sp³-hybridized carbons (Fsp3) is 0.231. The third-order valence-electron chi connectivity index (χ3n) is 2.79. The molecule has 0 saturated carbocycles. The van der Waals surface area contributed by atoms with E-state index in [9.17, 15) is 4.79 Å². The topological polar surface area (TPSA) is 39.2 Å². The highest BCUT2D eigenvalue weighted by molar-refractivity contribution is 7.09. The smallest absolute Gasteiger partial charge is 0.170 e. The number of fused-ring (bicyclic) bond motifs is 1. The minimum atomic E-state index is -0.273. The van der Waals surface area contributed by atoms with Crippen molar-refractivity contribution < 1.29 is 9.53 Å². The van der Waals surface area contributed by atoms with Gasteiger partial charge in [-0.3, -0.25) is 4.79 Å². The first-order chi connectivity index (χ1) is 8.63. The van der Waals surface area contributed by atoms with Crippen LogP contribution >= 0.6 is 22.9 Å². The van der Waals surface area contributed by atoms with E-state index in [1.54, 1.807) is 18.2 Å². The second-order valence-corrected chi connectivity index (χ2v) is 5.53. The number of nitrogens with zero attached hydrogens (tertiary/aromatic N) is 1. The lowest BCUT2D eigenvalue weighted by Crippen LogP contribution is -2.20. The fourth-order valence-corrected chi connectivity index (χ4v) is 2.95. The minimum Gasteiger partial charge on any atom is -0.482 e. The normalized spacial score (nSPS) is 18.3. The van der Waals surface area contributed by atoms with Crippen LogP contribution in [0.3, 0.4) is 0 Å². The monoisotopic (exact) mass is 279 g/mol. The van der Waals surface area contributed by atoms with Gasteiger partial charge in [0.15, 0.2) is 11.9 Å². The van der Waals surface area contributed by atoms with Gasteiger partial charge < -0.3 is 4.74 Å². The van der Waals surface area contributed by atoms with Crippen LogP contribution < -0.4 is 4.74 Å². The lowest BCUT2D eigenvalue weighted by Gasteiger charge is -2.23. The molecule has 1 aromatic heterocycles. The molecule has 2 aromatic rings. The molecule has 0 radical (unpaired) electrons. The van der Waals surface area contributed by atoms with Crippen molar-refractivity contribution in [3.05, 3.63) is 44.9 Å². The second-order valence-electron chi connectivity index (χ2n) is 4.20. The summed E-state index contributed by atoms with van der Waals surface area (Å²) in [6, 6.07) is 5.12. The predicted octanol–water partition coefficient (Wildman–Crippen LogP) is 3.81. The molecule has 1 atom stereocenters. The van der Waals surface area contributed by atoms with Crippen LogP contribution in [0.4, 0.5) is 0 Å². The molecule has 0 fully saturated rings. The summed E-state index contributed by atoms with van der Waals surface area (Å²) in [7, 11) is 0. The highest BCUT2D eigenvalue weighted by atomic mass is 35.5. The molecule has 0 N–H and O–H groups in total. The molecule has 1 aliphatic rings. The molecule has 3 rings (SSSR count). The molecule has 92 valence electrons. The molecule has 0 spiro atoms. The van der Waals surface area contributed by atoms with Gasteiger partial charge in [-0.15, -0.1) is 11.3 Å². The summed E-state index contributed by atoms with van der Waals surface area (Å²) in [5.41, 5.74) is 1.51. The van der Waals surface area contributed by atoms with Crippen LogP contribution in [-0.2, 0) is 0 Å². The van der Waals surface area contributed by atoms with E-state index in [2.05, 4.69) is 4.98 Å². The number of ether oxygens (including phenoxy) is 1. The first-order valence-electron chi connectivity index (χ1n) is 5.55. The number of hydrogen-bond donors (Lipinski definition) is 0. The van der Waals surface area contributed by atoms with Crippen LogP contribution in [-0.4, -0.2) is 10.8 Å². The van der Waals surface area contributed by atoms with Crippen LogP contribution in [0.15, 0.2) is 23.6 Å². The molecule has 0 saturated heterocycles. The number of aryl methyl sites for hydroxylation is 1. The Labute approximate surface area is 113 Å². The third-order valence-corrected chi connectivity index (χ3v) is 4.08. The fourth-order valence-electron chi connectivity index (χ4n) is 1.95. The lowest BCUT2D eigenvalue weighted by molar-refractivity contribution is 0.0849. The Kier molecular flexibility index (Phi) is 2.84. The van der Waals surface area contributed by atoms with E-state index in [4.69, 9.17) is 16.3 Å². The summed E-state index contributed by atoms with van der Waals surface area (Å²) < 4.78 is 5.83. The van der Waals surface area contributed by atoms with Crippen LogP contribution in [0.1, 0.15) is 33.6 Å². The number of ketones is 1. The molecule has 5 heteroatoms.